The van der Waals surface area contributed by atoms with Gasteiger partial charge in [0.1, 0.15) is 110 Å². The van der Waals surface area contributed by atoms with Gasteiger partial charge in [0.05, 0.1) is 19.8 Å². The van der Waals surface area contributed by atoms with Crippen LogP contribution in [0.4, 0.5) is 0 Å². The van der Waals surface area contributed by atoms with E-state index in [0.717, 1.165) is 19.8 Å². The van der Waals surface area contributed by atoms with Crippen molar-refractivity contribution in [3.63, 3.8) is 0 Å². The molecule has 0 bridgehead atoms. The van der Waals surface area contributed by atoms with Crippen LogP contribution in [0, 0.1) is 0 Å². The molecule has 1 aromatic carbocycles. The first kappa shape index (κ1) is 48.7. The topological polar surface area (TPSA) is 361 Å². The van der Waals surface area contributed by atoms with Crippen molar-refractivity contribution in [1.82, 2.24) is 5.32 Å². The Morgan fingerprint density at radius 2 is 1.13 bits per heavy atom. The van der Waals surface area contributed by atoms with Crippen LogP contribution in [-0.4, -0.2) is 224 Å². The predicted octanol–water partition coefficient (Wildman–Crippen LogP) is -6.37. The summed E-state index contributed by atoms with van der Waals surface area (Å²) in [6, 6.07) is 7.09. The van der Waals surface area contributed by atoms with Gasteiger partial charge in [-0.1, -0.05) is 18.2 Å². The largest absolute Gasteiger partial charge is 0.491 e. The number of unbranched alkanes of at least 4 members (excludes halogenated alkanes) is 2. The number of para-hydroxylation sites is 1. The number of hydrogen-bond acceptors (Lipinski definition) is 22. The predicted molar refractivity (Wildman–Crippen MR) is 197 cm³/mol. The molecular formula is C37H60N2O21. The Bertz CT molecular complexity index is 1420. The number of carbonyl (C=O) groups excluding carboxylic acids is 1. The molecule has 344 valence electrons. The van der Waals surface area contributed by atoms with Crippen LogP contribution in [0.25, 0.3) is 0 Å². The highest BCUT2D eigenvalue weighted by molar-refractivity contribution is 5.73. The summed E-state index contributed by atoms with van der Waals surface area (Å²) in [5.74, 6) is -0.249. The maximum Gasteiger partial charge on any atom is 0.217 e. The van der Waals surface area contributed by atoms with E-state index in [9.17, 15) is 61.0 Å². The van der Waals surface area contributed by atoms with Gasteiger partial charge in [0.25, 0.3) is 0 Å². The second-order valence-electron chi connectivity index (χ2n) is 15.0. The lowest BCUT2D eigenvalue weighted by molar-refractivity contribution is -0.386. The number of benzene rings is 1. The molecule has 0 saturated carbocycles. The first-order chi connectivity index (χ1) is 28.7. The highest BCUT2D eigenvalue weighted by Gasteiger charge is 2.55. The Labute approximate surface area is 345 Å². The average Bonchev–Trinajstić information content (AvgIpc) is 3.24. The first-order valence-electron chi connectivity index (χ1n) is 19.9. The third kappa shape index (κ3) is 11.6. The monoisotopic (exact) mass is 868 g/mol. The summed E-state index contributed by atoms with van der Waals surface area (Å²) < 4.78 is 52.2. The zero-order valence-electron chi connectivity index (χ0n) is 32.9. The maximum absolute atomic E-state index is 11.9. The summed E-state index contributed by atoms with van der Waals surface area (Å²) in [6.07, 6.45) is -29.9. The normalized spacial score (nSPS) is 42.4. The van der Waals surface area contributed by atoms with E-state index in [1.165, 1.54) is 0 Å². The molecule has 12 unspecified atom stereocenters. The van der Waals surface area contributed by atoms with Crippen LogP contribution in [0.5, 0.6) is 5.75 Å². The lowest BCUT2D eigenvalue weighted by Crippen LogP contribution is -2.69. The molecule has 4 heterocycles. The molecule has 60 heavy (non-hydrogen) atoms. The van der Waals surface area contributed by atoms with Gasteiger partial charge < -0.3 is 110 Å². The van der Waals surface area contributed by atoms with E-state index in [-0.39, 0.29) is 13.2 Å². The highest BCUT2D eigenvalue weighted by atomic mass is 16.8. The van der Waals surface area contributed by atoms with Crippen LogP contribution in [-0.2, 0) is 42.7 Å². The first-order valence-corrected chi connectivity index (χ1v) is 19.9. The van der Waals surface area contributed by atoms with Crippen LogP contribution in [0.2, 0.25) is 0 Å². The van der Waals surface area contributed by atoms with Gasteiger partial charge in [-0.15, -0.1) is 0 Å². The molecule has 4 aliphatic heterocycles. The molecule has 0 aliphatic carbocycles. The SMILES string of the molecule is CC(=O)NC1C(O)[C@@H](O)C(CO)O[C@H]1OC1C(O)[C@@H](O[C@H]2C(CO)O[C@@H](O[C@@H]3C(COc4ccccc4)O[C@@H](OCCCCCN)C(O)C3O)C(O)C2O)OC(CO)[C@@H]1O. The molecule has 4 saturated heterocycles. The fourth-order valence-corrected chi connectivity index (χ4v) is 7.37. The molecule has 5 rings (SSSR count). The summed E-state index contributed by atoms with van der Waals surface area (Å²) >= 11 is 0. The third-order valence-electron chi connectivity index (χ3n) is 10.7. The van der Waals surface area contributed by atoms with E-state index < -0.39 is 148 Å². The molecule has 14 N–H and O–H groups in total. The van der Waals surface area contributed by atoms with E-state index in [4.69, 9.17) is 48.4 Å². The van der Waals surface area contributed by atoms with Gasteiger partial charge in [-0.25, -0.2) is 0 Å². The van der Waals surface area contributed by atoms with E-state index in [0.29, 0.717) is 18.7 Å². The molecule has 20 atom stereocenters. The van der Waals surface area contributed by atoms with Crippen LogP contribution in [0.1, 0.15) is 26.2 Å². The van der Waals surface area contributed by atoms with Crippen molar-refractivity contribution >= 4 is 5.91 Å². The lowest BCUT2D eigenvalue weighted by atomic mass is 9.95. The van der Waals surface area contributed by atoms with Gasteiger partial charge in [-0.05, 0) is 37.9 Å². The number of aliphatic hydroxyl groups excluding tert-OH is 11. The second kappa shape index (κ2) is 22.9. The maximum atomic E-state index is 11.9. The van der Waals surface area contributed by atoms with Crippen LogP contribution < -0.4 is 15.8 Å². The summed E-state index contributed by atoms with van der Waals surface area (Å²) in [7, 11) is 0. The summed E-state index contributed by atoms with van der Waals surface area (Å²) in [4.78, 5) is 11.9. The van der Waals surface area contributed by atoms with Gasteiger partial charge in [0.2, 0.25) is 5.91 Å². The summed E-state index contributed by atoms with van der Waals surface area (Å²) in [5.41, 5.74) is 5.55. The minimum absolute atomic E-state index is 0.177. The third-order valence-corrected chi connectivity index (χ3v) is 10.7. The average molecular weight is 869 g/mol. The molecule has 23 heteroatoms. The number of aliphatic hydroxyl groups is 11. The standard InChI is InChI=1S/C37H60N2O21/c1-16(43)39-22-25(46)23(44)18(12-40)54-34(22)60-33-24(45)19(13-41)55-37(30(33)51)58-31-20(14-42)56-36(29(50)27(31)48)59-32-21(15-53-17-8-4-2-5-9-17)57-35(28(49)26(32)47)52-11-7-3-6-10-38/h2,4-5,8-9,18-37,40-42,44-51H,3,6-7,10-15,38H2,1H3,(H,39,43)/t18?,19?,20?,21?,22?,23-,24-,25?,26?,27?,28?,29?,30?,31-,32+,33?,34-,35+,36-,37+/m0/s1. The summed E-state index contributed by atoms with van der Waals surface area (Å²) in [6.45, 7) is -1.05. The van der Waals surface area contributed by atoms with Crippen molar-refractivity contribution in [1.29, 1.82) is 0 Å². The van der Waals surface area contributed by atoms with Crippen molar-refractivity contribution < 1.29 is 104 Å². The zero-order chi connectivity index (χ0) is 43.7. The van der Waals surface area contributed by atoms with E-state index in [1.54, 1.807) is 30.3 Å². The van der Waals surface area contributed by atoms with E-state index in [1.807, 2.05) is 0 Å². The van der Waals surface area contributed by atoms with Crippen molar-refractivity contribution in [2.45, 2.75) is 149 Å². The van der Waals surface area contributed by atoms with E-state index in [2.05, 4.69) is 5.32 Å². The van der Waals surface area contributed by atoms with Gasteiger partial charge >= 0.3 is 0 Å². The Morgan fingerprint density at radius 3 is 1.75 bits per heavy atom. The van der Waals surface area contributed by atoms with Gasteiger partial charge in [-0.2, -0.15) is 0 Å². The molecule has 0 aromatic heterocycles. The number of ether oxygens (including phenoxy) is 9. The number of rotatable bonds is 19. The minimum Gasteiger partial charge on any atom is -0.491 e. The lowest BCUT2D eigenvalue weighted by Gasteiger charge is -2.49. The minimum atomic E-state index is -2.02. The molecule has 4 fully saturated rings. The van der Waals surface area contributed by atoms with Crippen LogP contribution >= 0.6 is 0 Å². The molecule has 4 aliphatic rings. The number of nitrogens with two attached hydrogens (primary N) is 1. The smallest absolute Gasteiger partial charge is 0.217 e. The Morgan fingerprint density at radius 1 is 0.600 bits per heavy atom. The van der Waals surface area contributed by atoms with Crippen LogP contribution in [0.3, 0.4) is 0 Å². The molecule has 0 radical (unpaired) electrons. The number of amides is 1. The van der Waals surface area contributed by atoms with Gasteiger partial charge in [0.15, 0.2) is 25.2 Å². The number of nitrogens with one attached hydrogen (secondary N) is 1. The summed E-state index contributed by atoms with van der Waals surface area (Å²) in [5, 5.41) is 121. The second-order valence-corrected chi connectivity index (χ2v) is 15.0. The molecule has 1 amide bonds. The Kier molecular flexibility index (Phi) is 18.6. The number of hydrogen-bond donors (Lipinski definition) is 13. The van der Waals surface area contributed by atoms with Crippen molar-refractivity contribution in [3.8, 4) is 5.75 Å². The van der Waals surface area contributed by atoms with Crippen molar-refractivity contribution in [2.24, 2.45) is 5.73 Å². The fourth-order valence-electron chi connectivity index (χ4n) is 7.37. The quantitative estimate of drug-likeness (QED) is 0.0575. The van der Waals surface area contributed by atoms with Crippen LogP contribution in [0.15, 0.2) is 30.3 Å². The highest BCUT2D eigenvalue weighted by Crippen LogP contribution is 2.35. The molecule has 23 nitrogen and oxygen atoms in total. The number of carbonyl (C=O) groups is 1. The van der Waals surface area contributed by atoms with Gasteiger partial charge in [0, 0.05) is 13.5 Å². The molecule has 1 aromatic rings. The zero-order valence-corrected chi connectivity index (χ0v) is 32.9. The fraction of sp³-hybridized carbons (Fsp3) is 0.811. The van der Waals surface area contributed by atoms with Gasteiger partial charge in [-0.3, -0.25) is 4.79 Å². The Hall–Kier alpha value is -2.31. The van der Waals surface area contributed by atoms with Crippen molar-refractivity contribution in [2.75, 3.05) is 39.6 Å². The van der Waals surface area contributed by atoms with Crippen molar-refractivity contribution in [3.05, 3.63) is 30.3 Å². The molecular weight excluding hydrogens is 808 g/mol. The van der Waals surface area contributed by atoms with E-state index >= 15 is 0 Å². The molecule has 0 spiro atoms. The Balaban J connectivity index is 1.30.